The standard InChI is InChI=1S/C22H22O/c1-5-11-19-17(7-3)13-9-15-21(19)23-22-16-10-14-18(8-4)20(22)12-6-2/h5-10,13-16H,1-4,11-12H2. The molecule has 1 nitrogen and oxygen atoms in total. The fourth-order valence-electron chi connectivity index (χ4n) is 2.58. The second kappa shape index (κ2) is 8.00. The van der Waals surface area contributed by atoms with Gasteiger partial charge in [0, 0.05) is 11.1 Å². The molecular weight excluding hydrogens is 280 g/mol. The topological polar surface area (TPSA) is 9.23 Å². The van der Waals surface area contributed by atoms with Crippen molar-refractivity contribution in [3.63, 3.8) is 0 Å². The maximum Gasteiger partial charge on any atom is 0.131 e. The molecule has 0 saturated carbocycles. The van der Waals surface area contributed by atoms with E-state index in [4.69, 9.17) is 4.74 Å². The molecule has 0 aliphatic rings. The Morgan fingerprint density at radius 2 is 1.13 bits per heavy atom. The van der Waals surface area contributed by atoms with Crippen LogP contribution in [-0.2, 0) is 12.8 Å². The summed E-state index contributed by atoms with van der Waals surface area (Å²) in [4.78, 5) is 0. The summed E-state index contributed by atoms with van der Waals surface area (Å²) in [7, 11) is 0. The molecule has 0 aliphatic heterocycles. The zero-order valence-corrected chi connectivity index (χ0v) is 13.4. The van der Waals surface area contributed by atoms with Gasteiger partial charge in [-0.05, 0) is 36.1 Å². The van der Waals surface area contributed by atoms with Crippen LogP contribution < -0.4 is 4.74 Å². The predicted octanol–water partition coefficient (Wildman–Crippen LogP) is 6.22. The second-order valence-electron chi connectivity index (χ2n) is 5.14. The van der Waals surface area contributed by atoms with Crippen molar-refractivity contribution in [3.05, 3.63) is 97.1 Å². The van der Waals surface area contributed by atoms with Crippen LogP contribution in [0.3, 0.4) is 0 Å². The van der Waals surface area contributed by atoms with E-state index in [0.717, 1.165) is 46.6 Å². The van der Waals surface area contributed by atoms with Crippen molar-refractivity contribution >= 4 is 12.2 Å². The van der Waals surface area contributed by atoms with E-state index in [9.17, 15) is 0 Å². The minimum atomic E-state index is 0.732. The summed E-state index contributed by atoms with van der Waals surface area (Å²) in [5, 5.41) is 0. The van der Waals surface area contributed by atoms with E-state index >= 15 is 0 Å². The molecule has 1 heteroatoms. The maximum absolute atomic E-state index is 6.24. The van der Waals surface area contributed by atoms with Crippen molar-refractivity contribution in [3.8, 4) is 11.5 Å². The predicted molar refractivity (Wildman–Crippen MR) is 101 cm³/mol. The Kier molecular flexibility index (Phi) is 5.76. The van der Waals surface area contributed by atoms with Crippen LogP contribution in [0.5, 0.6) is 11.5 Å². The van der Waals surface area contributed by atoms with E-state index in [1.54, 1.807) is 0 Å². The number of ether oxygens (including phenoxy) is 1. The second-order valence-corrected chi connectivity index (χ2v) is 5.14. The Morgan fingerprint density at radius 3 is 1.48 bits per heavy atom. The summed E-state index contributed by atoms with van der Waals surface area (Å²) in [5.74, 6) is 1.66. The van der Waals surface area contributed by atoms with Gasteiger partial charge in [0.2, 0.25) is 0 Å². The molecule has 2 aromatic rings. The zero-order valence-electron chi connectivity index (χ0n) is 13.4. The molecule has 0 unspecified atom stereocenters. The summed E-state index contributed by atoms with van der Waals surface area (Å²) < 4.78 is 6.24. The van der Waals surface area contributed by atoms with Crippen LogP contribution in [0.4, 0.5) is 0 Å². The number of benzene rings is 2. The number of hydrogen-bond donors (Lipinski definition) is 0. The van der Waals surface area contributed by atoms with E-state index in [-0.39, 0.29) is 0 Å². The molecule has 0 bridgehead atoms. The molecule has 0 fully saturated rings. The normalized spacial score (nSPS) is 9.91. The van der Waals surface area contributed by atoms with Crippen LogP contribution in [0.25, 0.3) is 12.2 Å². The first-order valence-electron chi connectivity index (χ1n) is 7.63. The van der Waals surface area contributed by atoms with Crippen LogP contribution in [-0.4, -0.2) is 0 Å². The molecule has 0 heterocycles. The van der Waals surface area contributed by atoms with E-state index in [1.807, 2.05) is 60.7 Å². The summed E-state index contributed by atoms with van der Waals surface area (Å²) in [5.41, 5.74) is 4.30. The van der Waals surface area contributed by atoms with Crippen molar-refractivity contribution < 1.29 is 4.74 Å². The van der Waals surface area contributed by atoms with Crippen LogP contribution in [0.15, 0.2) is 74.9 Å². The van der Waals surface area contributed by atoms with Gasteiger partial charge in [0.1, 0.15) is 11.5 Å². The van der Waals surface area contributed by atoms with Crippen molar-refractivity contribution in [2.45, 2.75) is 12.8 Å². The van der Waals surface area contributed by atoms with Crippen molar-refractivity contribution in [1.82, 2.24) is 0 Å². The van der Waals surface area contributed by atoms with Gasteiger partial charge in [-0.3, -0.25) is 0 Å². The Labute approximate surface area is 138 Å². The van der Waals surface area contributed by atoms with Crippen molar-refractivity contribution in [2.75, 3.05) is 0 Å². The van der Waals surface area contributed by atoms with Gasteiger partial charge in [-0.25, -0.2) is 0 Å². The molecular formula is C22H22O. The zero-order chi connectivity index (χ0) is 16.7. The highest BCUT2D eigenvalue weighted by atomic mass is 16.5. The van der Waals surface area contributed by atoms with Gasteiger partial charge in [0.15, 0.2) is 0 Å². The third-order valence-electron chi connectivity index (χ3n) is 3.70. The summed E-state index contributed by atoms with van der Waals surface area (Å²) in [6.07, 6.45) is 8.90. The van der Waals surface area contributed by atoms with Gasteiger partial charge in [-0.2, -0.15) is 0 Å². The Bertz CT molecular complexity index is 674. The summed E-state index contributed by atoms with van der Waals surface area (Å²) in [6, 6.07) is 12.0. The fourth-order valence-corrected chi connectivity index (χ4v) is 2.58. The number of rotatable bonds is 8. The molecule has 0 spiro atoms. The number of hydrogen-bond acceptors (Lipinski definition) is 1. The largest absolute Gasteiger partial charge is 0.457 e. The Hall–Kier alpha value is -2.80. The van der Waals surface area contributed by atoms with Gasteiger partial charge in [0.25, 0.3) is 0 Å². The maximum atomic E-state index is 6.24. The lowest BCUT2D eigenvalue weighted by Crippen LogP contribution is -1.98. The molecule has 2 rings (SSSR count). The minimum absolute atomic E-state index is 0.732. The van der Waals surface area contributed by atoms with Crippen LogP contribution in [0.1, 0.15) is 22.3 Å². The lowest BCUT2D eigenvalue weighted by molar-refractivity contribution is 0.472. The lowest BCUT2D eigenvalue weighted by atomic mass is 10.0. The number of allylic oxidation sites excluding steroid dienone is 2. The van der Waals surface area contributed by atoms with E-state index in [2.05, 4.69) is 26.3 Å². The first-order chi connectivity index (χ1) is 11.2. The van der Waals surface area contributed by atoms with Crippen LogP contribution in [0.2, 0.25) is 0 Å². The molecule has 0 N–H and O–H groups in total. The third kappa shape index (κ3) is 3.70. The fraction of sp³-hybridized carbons (Fsp3) is 0.0909. The van der Waals surface area contributed by atoms with E-state index in [0.29, 0.717) is 0 Å². The summed E-state index contributed by atoms with van der Waals surface area (Å²) >= 11 is 0. The van der Waals surface area contributed by atoms with Gasteiger partial charge in [0.05, 0.1) is 0 Å². The SMILES string of the molecule is C=CCc1c(C=C)cccc1Oc1cccc(C=C)c1CC=C. The highest BCUT2D eigenvalue weighted by Gasteiger charge is 2.11. The van der Waals surface area contributed by atoms with Gasteiger partial charge < -0.3 is 4.74 Å². The average Bonchev–Trinajstić information content (AvgIpc) is 2.58. The quantitative estimate of drug-likeness (QED) is 0.526. The van der Waals surface area contributed by atoms with Crippen molar-refractivity contribution in [1.29, 1.82) is 0 Å². The van der Waals surface area contributed by atoms with E-state index < -0.39 is 0 Å². The first kappa shape index (κ1) is 16.6. The third-order valence-corrected chi connectivity index (χ3v) is 3.70. The van der Waals surface area contributed by atoms with E-state index in [1.165, 1.54) is 0 Å². The molecule has 0 amide bonds. The molecule has 0 radical (unpaired) electrons. The smallest absolute Gasteiger partial charge is 0.131 e. The molecule has 116 valence electrons. The monoisotopic (exact) mass is 302 g/mol. The Morgan fingerprint density at radius 1 is 0.696 bits per heavy atom. The molecule has 0 atom stereocenters. The van der Waals surface area contributed by atoms with Crippen molar-refractivity contribution in [2.24, 2.45) is 0 Å². The summed E-state index contributed by atoms with van der Waals surface area (Å²) in [6.45, 7) is 15.4. The minimum Gasteiger partial charge on any atom is -0.457 e. The highest BCUT2D eigenvalue weighted by molar-refractivity contribution is 5.60. The lowest BCUT2D eigenvalue weighted by Gasteiger charge is -2.16. The molecule has 0 aromatic heterocycles. The molecule has 0 aliphatic carbocycles. The average molecular weight is 302 g/mol. The van der Waals surface area contributed by atoms with Crippen LogP contribution >= 0.6 is 0 Å². The first-order valence-corrected chi connectivity index (χ1v) is 7.63. The van der Waals surface area contributed by atoms with Crippen LogP contribution in [0, 0.1) is 0 Å². The Balaban J connectivity index is 2.51. The molecule has 23 heavy (non-hydrogen) atoms. The van der Waals surface area contributed by atoms with Gasteiger partial charge >= 0.3 is 0 Å². The van der Waals surface area contributed by atoms with Gasteiger partial charge in [-0.1, -0.05) is 61.7 Å². The molecule has 2 aromatic carbocycles. The molecule has 0 saturated heterocycles. The van der Waals surface area contributed by atoms with Gasteiger partial charge in [-0.15, -0.1) is 13.2 Å². The highest BCUT2D eigenvalue weighted by Crippen LogP contribution is 2.33.